The van der Waals surface area contributed by atoms with E-state index in [1.807, 2.05) is 44.2 Å². The smallest absolute Gasteiger partial charge is 0.0207 e. The van der Waals surface area contributed by atoms with Crippen LogP contribution in [0.2, 0.25) is 0 Å². The van der Waals surface area contributed by atoms with E-state index in [1.165, 1.54) is 26.7 Å². The maximum Gasteiger partial charge on any atom is 0.0207 e. The average Bonchev–Trinajstić information content (AvgIpc) is 2.52. The van der Waals surface area contributed by atoms with Crippen molar-refractivity contribution in [3.05, 3.63) is 94.0 Å². The molecule has 0 atom stereocenters. The summed E-state index contributed by atoms with van der Waals surface area (Å²) in [6, 6.07) is 16.6. The first-order valence-electron chi connectivity index (χ1n) is 7.40. The summed E-state index contributed by atoms with van der Waals surface area (Å²) >= 11 is 3.45. The number of rotatable bonds is 1. The average molecular weight is 359 g/mol. The van der Waals surface area contributed by atoms with Crippen molar-refractivity contribution in [2.45, 2.75) is 34.6 Å². The van der Waals surface area contributed by atoms with E-state index in [-0.39, 0.29) is 0 Å². The highest BCUT2D eigenvalue weighted by atomic mass is 79.9. The molecule has 2 aromatic rings. The van der Waals surface area contributed by atoms with Gasteiger partial charge in [-0.15, -0.1) is 0 Å². The Balaban J connectivity index is 0.000000309. The van der Waals surface area contributed by atoms with Crippen LogP contribution in [0.15, 0.2) is 77.3 Å². The van der Waals surface area contributed by atoms with Crippen molar-refractivity contribution in [2.24, 2.45) is 0 Å². The minimum Gasteiger partial charge on any atom is -0.0988 e. The first-order chi connectivity index (χ1) is 10.4. The van der Waals surface area contributed by atoms with E-state index in [2.05, 4.69) is 73.6 Å². The third-order valence-corrected chi connectivity index (χ3v) is 3.90. The molecule has 0 aliphatic rings. The van der Waals surface area contributed by atoms with Crippen LogP contribution in [-0.2, 0) is 0 Å². The van der Waals surface area contributed by atoms with Crippen LogP contribution in [0.4, 0.5) is 0 Å². The molecule has 2 aromatic carbocycles. The van der Waals surface area contributed by atoms with Gasteiger partial charge in [0.2, 0.25) is 0 Å². The number of benzene rings is 2. The Morgan fingerprint density at radius 2 is 1.55 bits per heavy atom. The van der Waals surface area contributed by atoms with E-state index in [1.54, 1.807) is 0 Å². The first-order valence-corrected chi connectivity index (χ1v) is 8.19. The molecule has 0 bridgehead atoms. The summed E-state index contributed by atoms with van der Waals surface area (Å²) in [6.45, 7) is 13.8. The molecule has 0 unspecified atom stereocenters. The molecule has 0 radical (unpaired) electrons. The summed E-state index contributed by atoms with van der Waals surface area (Å²) in [5.41, 5.74) is 5.14. The van der Waals surface area contributed by atoms with E-state index in [0.29, 0.717) is 0 Å². The predicted molar refractivity (Wildman–Crippen MR) is 104 cm³/mol. The Morgan fingerprint density at radius 3 is 1.82 bits per heavy atom. The Morgan fingerprint density at radius 1 is 0.955 bits per heavy atom. The van der Waals surface area contributed by atoms with E-state index in [4.69, 9.17) is 0 Å². The molecule has 0 nitrogen and oxygen atoms in total. The highest BCUT2D eigenvalue weighted by molar-refractivity contribution is 9.10. The zero-order valence-electron chi connectivity index (χ0n) is 14.4. The standard InChI is InChI=1S/C8H9Br.C7H8.C6H10/c1-6-3-4-7(2)8(9)5-6;1-7-5-3-2-4-6-7;1-4-6(3)5-2/h3-5H,1-2H3;2-6H,1H3;4-5H,1H2,2-3H3/b;;6-5-. The van der Waals surface area contributed by atoms with Gasteiger partial charge in [0.1, 0.15) is 0 Å². The molecule has 0 saturated heterocycles. The van der Waals surface area contributed by atoms with Gasteiger partial charge in [0.15, 0.2) is 0 Å². The van der Waals surface area contributed by atoms with E-state index in [9.17, 15) is 0 Å². The van der Waals surface area contributed by atoms with E-state index < -0.39 is 0 Å². The lowest BCUT2D eigenvalue weighted by Crippen LogP contribution is -1.75. The lowest BCUT2D eigenvalue weighted by atomic mass is 10.2. The van der Waals surface area contributed by atoms with E-state index >= 15 is 0 Å². The molecule has 0 fully saturated rings. The van der Waals surface area contributed by atoms with Gasteiger partial charge in [-0.2, -0.15) is 0 Å². The maximum absolute atomic E-state index is 3.56. The summed E-state index contributed by atoms with van der Waals surface area (Å²) in [4.78, 5) is 0. The van der Waals surface area contributed by atoms with Gasteiger partial charge in [-0.3, -0.25) is 0 Å². The van der Waals surface area contributed by atoms with Crippen molar-refractivity contribution in [1.82, 2.24) is 0 Å². The Hall–Kier alpha value is -1.60. The fourth-order valence-electron chi connectivity index (χ4n) is 1.35. The lowest BCUT2D eigenvalue weighted by Gasteiger charge is -1.96. The number of halogens is 1. The summed E-state index contributed by atoms with van der Waals surface area (Å²) in [5.74, 6) is 0. The number of aryl methyl sites for hydroxylation is 3. The number of allylic oxidation sites excluding steroid dienone is 3. The summed E-state index contributed by atoms with van der Waals surface area (Å²) in [7, 11) is 0. The Kier molecular flexibility index (Phi) is 11.1. The third kappa shape index (κ3) is 10.2. The van der Waals surface area contributed by atoms with Crippen LogP contribution in [-0.4, -0.2) is 0 Å². The van der Waals surface area contributed by atoms with Crippen LogP contribution in [0.1, 0.15) is 30.5 Å². The molecule has 0 N–H and O–H groups in total. The van der Waals surface area contributed by atoms with Gasteiger partial charge in [0.25, 0.3) is 0 Å². The van der Waals surface area contributed by atoms with Crippen molar-refractivity contribution >= 4 is 15.9 Å². The minimum atomic E-state index is 1.20. The molecule has 1 heteroatoms. The molecule has 0 amide bonds. The first kappa shape index (κ1) is 20.4. The molecule has 2 rings (SSSR count). The number of hydrogen-bond donors (Lipinski definition) is 0. The molecule has 0 aliphatic carbocycles. The molecular formula is C21H27Br. The van der Waals surface area contributed by atoms with Crippen LogP contribution in [0.3, 0.4) is 0 Å². The fourth-order valence-corrected chi connectivity index (χ4v) is 1.84. The van der Waals surface area contributed by atoms with Gasteiger partial charge < -0.3 is 0 Å². The highest BCUT2D eigenvalue weighted by Gasteiger charge is 1.90. The Bertz CT molecular complexity index is 580. The predicted octanol–water partition coefficient (Wildman–Crippen LogP) is 7.20. The van der Waals surface area contributed by atoms with Crippen LogP contribution < -0.4 is 0 Å². The van der Waals surface area contributed by atoms with Gasteiger partial charge in [-0.1, -0.05) is 88.3 Å². The van der Waals surface area contributed by atoms with Gasteiger partial charge >= 0.3 is 0 Å². The summed E-state index contributed by atoms with van der Waals surface area (Å²) in [6.07, 6.45) is 3.85. The topological polar surface area (TPSA) is 0 Å². The molecule has 22 heavy (non-hydrogen) atoms. The largest absolute Gasteiger partial charge is 0.0988 e. The van der Waals surface area contributed by atoms with Crippen molar-refractivity contribution in [2.75, 3.05) is 0 Å². The van der Waals surface area contributed by atoms with Crippen molar-refractivity contribution in [1.29, 1.82) is 0 Å². The number of hydrogen-bond acceptors (Lipinski definition) is 0. The Labute approximate surface area is 144 Å². The molecule has 0 aromatic heterocycles. The second-order valence-electron chi connectivity index (χ2n) is 5.14. The normalized spacial score (nSPS) is 9.82. The van der Waals surface area contributed by atoms with Crippen molar-refractivity contribution < 1.29 is 0 Å². The summed E-state index contributed by atoms with van der Waals surface area (Å²) < 4.78 is 1.20. The highest BCUT2D eigenvalue weighted by Crippen LogP contribution is 2.16. The molecular weight excluding hydrogens is 332 g/mol. The molecule has 118 valence electrons. The zero-order chi connectivity index (χ0) is 17.0. The van der Waals surface area contributed by atoms with Gasteiger partial charge in [-0.05, 0) is 51.8 Å². The van der Waals surface area contributed by atoms with Crippen LogP contribution >= 0.6 is 15.9 Å². The van der Waals surface area contributed by atoms with Crippen LogP contribution in [0.25, 0.3) is 0 Å². The molecule has 0 spiro atoms. The molecule has 0 saturated carbocycles. The van der Waals surface area contributed by atoms with Crippen molar-refractivity contribution in [3.8, 4) is 0 Å². The minimum absolute atomic E-state index is 1.20. The lowest BCUT2D eigenvalue weighted by molar-refractivity contribution is 1.37. The van der Waals surface area contributed by atoms with Gasteiger partial charge in [0.05, 0.1) is 0 Å². The summed E-state index contributed by atoms with van der Waals surface area (Å²) in [5, 5.41) is 0. The van der Waals surface area contributed by atoms with Gasteiger partial charge in [0, 0.05) is 4.47 Å². The van der Waals surface area contributed by atoms with Crippen molar-refractivity contribution in [3.63, 3.8) is 0 Å². The molecule has 0 heterocycles. The second kappa shape index (κ2) is 12.0. The molecule has 0 aliphatic heterocycles. The monoisotopic (exact) mass is 358 g/mol. The fraction of sp³-hybridized carbons (Fsp3) is 0.238. The van der Waals surface area contributed by atoms with Crippen LogP contribution in [0, 0.1) is 20.8 Å². The maximum atomic E-state index is 3.56. The van der Waals surface area contributed by atoms with E-state index in [0.717, 1.165) is 0 Å². The van der Waals surface area contributed by atoms with Gasteiger partial charge in [-0.25, -0.2) is 0 Å². The SMILES string of the molecule is C=C/C(C)=C\C.Cc1ccc(C)c(Br)c1.Cc1ccccc1. The third-order valence-electron chi connectivity index (χ3n) is 3.05. The quantitative estimate of drug-likeness (QED) is 0.472. The zero-order valence-corrected chi connectivity index (χ0v) is 15.9. The van der Waals surface area contributed by atoms with Crippen LogP contribution in [0.5, 0.6) is 0 Å². The second-order valence-corrected chi connectivity index (χ2v) is 6.00.